The van der Waals surface area contributed by atoms with E-state index in [4.69, 9.17) is 0 Å². The third-order valence-electron chi connectivity index (χ3n) is 4.02. The normalized spacial score (nSPS) is 11.7. The van der Waals surface area contributed by atoms with Gasteiger partial charge in [0.2, 0.25) is 5.16 Å². The van der Waals surface area contributed by atoms with E-state index in [1.54, 1.807) is 6.08 Å². The van der Waals surface area contributed by atoms with Crippen LogP contribution in [0.3, 0.4) is 0 Å². The number of hydrogen-bond donors (Lipinski definition) is 1. The number of para-hydroxylation sites is 1. The number of H-pyrrole nitrogens is 1. The summed E-state index contributed by atoms with van der Waals surface area (Å²) in [6.07, 6.45) is 2.32. The van der Waals surface area contributed by atoms with Crippen molar-refractivity contribution in [3.05, 3.63) is 64.1 Å². The van der Waals surface area contributed by atoms with Crippen LogP contribution in [-0.2, 0) is 11.2 Å². The average molecular weight is 367 g/mol. The molecule has 7 heteroatoms. The van der Waals surface area contributed by atoms with Gasteiger partial charge in [-0.3, -0.25) is 5.10 Å². The van der Waals surface area contributed by atoms with Crippen molar-refractivity contribution in [2.45, 2.75) is 32.3 Å². The van der Waals surface area contributed by atoms with E-state index < -0.39 is 5.97 Å². The lowest BCUT2D eigenvalue weighted by atomic mass is 10.2. The van der Waals surface area contributed by atoms with E-state index in [1.165, 1.54) is 0 Å². The number of nitrogens with zero attached hydrogens (tertiary/aromatic N) is 3. The van der Waals surface area contributed by atoms with Gasteiger partial charge in [-0.2, -0.15) is 0 Å². The molecule has 6 nitrogen and oxygen atoms in total. The van der Waals surface area contributed by atoms with Gasteiger partial charge >= 0.3 is 0 Å². The second-order valence-electron chi connectivity index (χ2n) is 5.81. The smallest absolute Gasteiger partial charge is 0.213 e. The first kappa shape index (κ1) is 18.0. The van der Waals surface area contributed by atoms with Crippen molar-refractivity contribution >= 4 is 23.8 Å². The highest BCUT2D eigenvalue weighted by molar-refractivity contribution is 8.04. The molecule has 26 heavy (non-hydrogen) atoms. The molecule has 2 heterocycles. The molecule has 0 unspecified atom stereocenters. The molecule has 0 saturated carbocycles. The number of nitrogens with one attached hydrogen (secondary N) is 1. The van der Waals surface area contributed by atoms with Gasteiger partial charge in [-0.15, -0.1) is 5.10 Å². The number of carboxylic acid groups (broad SMARTS) is 1. The first-order chi connectivity index (χ1) is 12.5. The summed E-state index contributed by atoms with van der Waals surface area (Å²) in [5.74, 6) is -0.533. The molecule has 3 aromatic rings. The van der Waals surface area contributed by atoms with Crippen LogP contribution in [0.5, 0.6) is 0 Å². The van der Waals surface area contributed by atoms with E-state index in [0.29, 0.717) is 17.4 Å². The summed E-state index contributed by atoms with van der Waals surface area (Å²) in [6.45, 7) is 5.90. The fourth-order valence-electron chi connectivity index (χ4n) is 2.76. The Kier molecular flexibility index (Phi) is 5.27. The van der Waals surface area contributed by atoms with E-state index >= 15 is 0 Å². The van der Waals surface area contributed by atoms with Crippen LogP contribution in [0.25, 0.3) is 11.8 Å². The number of aliphatic carboxylic acids is 1. The predicted molar refractivity (Wildman–Crippen MR) is 99.8 cm³/mol. The van der Waals surface area contributed by atoms with Crippen LogP contribution in [0.2, 0.25) is 0 Å². The highest BCUT2D eigenvalue weighted by atomic mass is 32.2. The van der Waals surface area contributed by atoms with Crippen molar-refractivity contribution in [1.82, 2.24) is 19.7 Å². The lowest BCUT2D eigenvalue weighted by molar-refractivity contribution is -0.297. The maximum Gasteiger partial charge on any atom is 0.213 e. The van der Waals surface area contributed by atoms with Crippen molar-refractivity contribution in [2.75, 3.05) is 0 Å². The van der Waals surface area contributed by atoms with Crippen LogP contribution < -0.4 is 5.11 Å². The molecule has 0 spiro atoms. The number of carboxylic acids is 1. The summed E-state index contributed by atoms with van der Waals surface area (Å²) < 4.78 is 2.09. The molecular weight excluding hydrogens is 348 g/mol. The van der Waals surface area contributed by atoms with E-state index in [0.717, 1.165) is 34.4 Å². The molecule has 0 radical (unpaired) electrons. The SMILES string of the molecule is CCc1nc(S/C(=C\c2cc(C)n(-c3ccccc3)c2C)C(=O)[O-])n[nH]1. The van der Waals surface area contributed by atoms with Gasteiger partial charge in [0, 0.05) is 28.4 Å². The molecule has 0 fully saturated rings. The number of aryl methyl sites for hydroxylation is 2. The first-order valence-electron chi connectivity index (χ1n) is 8.26. The number of thioether (sulfide) groups is 1. The second-order valence-corrected chi connectivity index (χ2v) is 6.82. The Morgan fingerprint density at radius 1 is 1.31 bits per heavy atom. The van der Waals surface area contributed by atoms with E-state index in [2.05, 4.69) is 19.7 Å². The van der Waals surface area contributed by atoms with Gasteiger partial charge in [0.05, 0.1) is 5.97 Å². The van der Waals surface area contributed by atoms with E-state index in [-0.39, 0.29) is 4.91 Å². The van der Waals surface area contributed by atoms with Gasteiger partial charge < -0.3 is 14.5 Å². The molecule has 0 saturated heterocycles. The molecule has 134 valence electrons. The topological polar surface area (TPSA) is 86.6 Å². The second kappa shape index (κ2) is 7.61. The lowest BCUT2D eigenvalue weighted by Crippen LogP contribution is -2.23. The van der Waals surface area contributed by atoms with Crippen LogP contribution >= 0.6 is 11.8 Å². The molecule has 0 atom stereocenters. The summed E-state index contributed by atoms with van der Waals surface area (Å²) in [4.78, 5) is 15.9. The Balaban J connectivity index is 1.97. The molecule has 2 aromatic heterocycles. The quantitative estimate of drug-likeness (QED) is 0.535. The van der Waals surface area contributed by atoms with Crippen molar-refractivity contribution < 1.29 is 9.90 Å². The van der Waals surface area contributed by atoms with Gasteiger partial charge in [-0.25, -0.2) is 4.98 Å². The molecular formula is C19H19N4O2S-. The molecule has 0 aliphatic heterocycles. The zero-order chi connectivity index (χ0) is 18.7. The van der Waals surface area contributed by atoms with Gasteiger partial charge in [-0.1, -0.05) is 25.1 Å². The van der Waals surface area contributed by atoms with Crippen molar-refractivity contribution in [3.63, 3.8) is 0 Å². The maximum atomic E-state index is 11.6. The largest absolute Gasteiger partial charge is 0.544 e. The number of aromatic amines is 1. The zero-order valence-corrected chi connectivity index (χ0v) is 15.6. The maximum absolute atomic E-state index is 11.6. The molecule has 0 aliphatic rings. The van der Waals surface area contributed by atoms with Crippen molar-refractivity contribution in [2.24, 2.45) is 0 Å². The Bertz CT molecular complexity index is 957. The predicted octanol–water partition coefficient (Wildman–Crippen LogP) is 2.66. The number of carbonyl (C=O) groups is 1. The number of benzene rings is 1. The molecule has 3 rings (SSSR count). The molecule has 1 N–H and O–H groups in total. The summed E-state index contributed by atoms with van der Waals surface area (Å²) in [7, 11) is 0. The van der Waals surface area contributed by atoms with Crippen LogP contribution in [-0.4, -0.2) is 25.7 Å². The first-order valence-corrected chi connectivity index (χ1v) is 9.07. The van der Waals surface area contributed by atoms with Gasteiger partial charge in [0.15, 0.2) is 0 Å². The van der Waals surface area contributed by atoms with Gasteiger partial charge in [0.25, 0.3) is 0 Å². The van der Waals surface area contributed by atoms with Crippen LogP contribution in [0.1, 0.15) is 29.7 Å². The molecule has 0 bridgehead atoms. The summed E-state index contributed by atoms with van der Waals surface area (Å²) in [5, 5.41) is 18.8. The third kappa shape index (κ3) is 3.72. The summed E-state index contributed by atoms with van der Waals surface area (Å²) in [6, 6.07) is 11.9. The Labute approximate surface area is 156 Å². The minimum absolute atomic E-state index is 0.0694. The fourth-order valence-corrected chi connectivity index (χ4v) is 3.47. The molecule has 1 aromatic carbocycles. The summed E-state index contributed by atoms with van der Waals surface area (Å²) in [5.41, 5.74) is 3.83. The molecule has 0 aliphatic carbocycles. The third-order valence-corrected chi connectivity index (χ3v) is 4.89. The van der Waals surface area contributed by atoms with E-state index in [9.17, 15) is 9.90 Å². The fraction of sp³-hybridized carbons (Fsp3) is 0.211. The molecule has 0 amide bonds. The number of carbonyl (C=O) groups excluding carboxylic acids is 1. The zero-order valence-electron chi connectivity index (χ0n) is 14.8. The average Bonchev–Trinajstić information content (AvgIpc) is 3.19. The number of hydrogen-bond acceptors (Lipinski definition) is 5. The van der Waals surface area contributed by atoms with Crippen molar-refractivity contribution in [3.8, 4) is 5.69 Å². The monoisotopic (exact) mass is 367 g/mol. The number of aromatic nitrogens is 4. The minimum atomic E-state index is -1.25. The Hall–Kier alpha value is -2.80. The van der Waals surface area contributed by atoms with Gasteiger partial charge in [0.1, 0.15) is 5.82 Å². The summed E-state index contributed by atoms with van der Waals surface area (Å²) >= 11 is 0.984. The highest BCUT2D eigenvalue weighted by Gasteiger charge is 2.12. The van der Waals surface area contributed by atoms with Crippen LogP contribution in [0.4, 0.5) is 0 Å². The van der Waals surface area contributed by atoms with E-state index in [1.807, 2.05) is 57.2 Å². The highest BCUT2D eigenvalue weighted by Crippen LogP contribution is 2.28. The minimum Gasteiger partial charge on any atom is -0.544 e. The van der Waals surface area contributed by atoms with Crippen molar-refractivity contribution in [1.29, 1.82) is 0 Å². The lowest BCUT2D eigenvalue weighted by Gasteiger charge is -2.10. The van der Waals surface area contributed by atoms with Gasteiger partial charge in [-0.05, 0) is 55.4 Å². The standard InChI is InChI=1S/C19H20N4O2S/c1-4-17-20-19(22-21-17)26-16(18(24)25)11-14-10-12(2)23(13(14)3)15-8-6-5-7-9-15/h5-11H,4H2,1-3H3,(H,24,25)(H,20,21,22)/p-1/b16-11-. The Morgan fingerprint density at radius 2 is 2.04 bits per heavy atom. The Morgan fingerprint density at radius 3 is 2.65 bits per heavy atom. The van der Waals surface area contributed by atoms with Crippen LogP contribution in [0, 0.1) is 13.8 Å². The number of rotatable bonds is 6. The van der Waals surface area contributed by atoms with Crippen LogP contribution in [0.15, 0.2) is 46.5 Å².